The van der Waals surface area contributed by atoms with Crippen molar-refractivity contribution in [1.29, 1.82) is 0 Å². The standard InChI is InChI=1S/C65H94O6/c1-4-7-10-13-16-19-22-25-28-30-32-34-37-40-43-46-49-52-55-58-64(67)70-61-62(60-69-63(66)57-54-51-48-45-42-39-36-27-24-21-18-15-12-9-6-3)71-65(68)59-56-53-50-47-44-41-38-35-33-31-29-26-23-20-17-14-11-8-5-2/h7-13,15-22,24-30,32-37,39-40,42-43,62H,4-6,14,23,31,38,41,44-61H2,1-3H3/b10-7-,11-8-,12-9-,16-13-,18-15-,20-17-,22-19-,24-21-,28-25-,29-26-,32-30+,35-33-,36-27-,37-34-,42-39-,43-40-. The highest BCUT2D eigenvalue weighted by Crippen LogP contribution is 2.12. The Morgan fingerprint density at radius 1 is 0.296 bits per heavy atom. The van der Waals surface area contributed by atoms with Gasteiger partial charge in [0.25, 0.3) is 0 Å². The average Bonchev–Trinajstić information content (AvgIpc) is 3.37. The number of allylic oxidation sites excluding steroid dienone is 32. The van der Waals surface area contributed by atoms with Crippen molar-refractivity contribution in [2.75, 3.05) is 13.2 Å². The lowest BCUT2D eigenvalue weighted by Crippen LogP contribution is -2.30. The largest absolute Gasteiger partial charge is 0.462 e. The minimum atomic E-state index is -0.836. The summed E-state index contributed by atoms with van der Waals surface area (Å²) in [6.07, 6.45) is 86.9. The summed E-state index contributed by atoms with van der Waals surface area (Å²) in [5.74, 6) is -1.05. The number of esters is 3. The van der Waals surface area contributed by atoms with Crippen molar-refractivity contribution in [2.45, 2.75) is 181 Å². The Bertz CT molecular complexity index is 1780. The second kappa shape index (κ2) is 56.8. The van der Waals surface area contributed by atoms with E-state index in [0.29, 0.717) is 12.8 Å². The van der Waals surface area contributed by atoms with Crippen LogP contribution in [0.15, 0.2) is 194 Å². The minimum Gasteiger partial charge on any atom is -0.462 e. The molecular formula is C65H94O6. The molecule has 0 aliphatic carbocycles. The van der Waals surface area contributed by atoms with Gasteiger partial charge in [0, 0.05) is 19.3 Å². The Labute approximate surface area is 433 Å². The van der Waals surface area contributed by atoms with Crippen LogP contribution in [0.5, 0.6) is 0 Å². The normalized spacial score (nSPS) is 13.7. The molecule has 390 valence electrons. The Morgan fingerprint density at radius 2 is 0.577 bits per heavy atom. The third-order valence-electron chi connectivity index (χ3n) is 10.4. The van der Waals surface area contributed by atoms with E-state index in [9.17, 15) is 14.4 Å². The number of carbonyl (C=O) groups excluding carboxylic acids is 3. The quantitative estimate of drug-likeness (QED) is 0.0199. The molecule has 0 rings (SSSR count). The van der Waals surface area contributed by atoms with Crippen LogP contribution in [0.3, 0.4) is 0 Å². The Hall–Kier alpha value is -5.75. The molecule has 0 heterocycles. The highest BCUT2D eigenvalue weighted by molar-refractivity contribution is 5.71. The summed E-state index contributed by atoms with van der Waals surface area (Å²) in [6.45, 7) is 6.11. The van der Waals surface area contributed by atoms with Gasteiger partial charge in [-0.1, -0.05) is 254 Å². The summed E-state index contributed by atoms with van der Waals surface area (Å²) < 4.78 is 16.8. The molecule has 1 atom stereocenters. The summed E-state index contributed by atoms with van der Waals surface area (Å²) in [5, 5.41) is 0. The van der Waals surface area contributed by atoms with Crippen molar-refractivity contribution >= 4 is 17.9 Å². The van der Waals surface area contributed by atoms with Crippen molar-refractivity contribution in [1.82, 2.24) is 0 Å². The van der Waals surface area contributed by atoms with Gasteiger partial charge in [-0.15, -0.1) is 0 Å². The zero-order valence-corrected chi connectivity index (χ0v) is 44.4. The van der Waals surface area contributed by atoms with Gasteiger partial charge < -0.3 is 14.2 Å². The van der Waals surface area contributed by atoms with Gasteiger partial charge in [-0.05, 0) is 96.3 Å². The van der Waals surface area contributed by atoms with E-state index in [1.807, 2.05) is 122 Å². The lowest BCUT2D eigenvalue weighted by Gasteiger charge is -2.18. The van der Waals surface area contributed by atoms with Crippen molar-refractivity contribution < 1.29 is 28.6 Å². The molecular weight excluding hydrogens is 877 g/mol. The van der Waals surface area contributed by atoms with Crippen molar-refractivity contribution in [3.05, 3.63) is 194 Å². The summed E-state index contributed by atoms with van der Waals surface area (Å²) in [4.78, 5) is 38.1. The highest BCUT2D eigenvalue weighted by Gasteiger charge is 2.19. The first-order chi connectivity index (χ1) is 35.0. The van der Waals surface area contributed by atoms with Crippen molar-refractivity contribution in [2.24, 2.45) is 0 Å². The first kappa shape index (κ1) is 65.2. The summed E-state index contributed by atoms with van der Waals surface area (Å²) in [7, 11) is 0. The first-order valence-electron chi connectivity index (χ1n) is 27.1. The van der Waals surface area contributed by atoms with Crippen LogP contribution in [0.4, 0.5) is 0 Å². The maximum atomic E-state index is 12.9. The zero-order chi connectivity index (χ0) is 51.4. The van der Waals surface area contributed by atoms with E-state index in [1.54, 1.807) is 0 Å². The van der Waals surface area contributed by atoms with Gasteiger partial charge in [-0.3, -0.25) is 14.4 Å². The van der Waals surface area contributed by atoms with E-state index in [0.717, 1.165) is 109 Å². The molecule has 0 bridgehead atoms. The van der Waals surface area contributed by atoms with Gasteiger partial charge in [0.1, 0.15) is 13.2 Å². The average molecular weight is 971 g/mol. The Morgan fingerprint density at radius 3 is 0.972 bits per heavy atom. The minimum absolute atomic E-state index is 0.133. The zero-order valence-electron chi connectivity index (χ0n) is 44.4. The molecule has 0 aromatic heterocycles. The fourth-order valence-corrected chi connectivity index (χ4v) is 6.44. The van der Waals surface area contributed by atoms with E-state index in [1.165, 1.54) is 12.8 Å². The molecule has 0 aromatic carbocycles. The summed E-state index contributed by atoms with van der Waals surface area (Å²) in [6, 6.07) is 0. The van der Waals surface area contributed by atoms with Crippen LogP contribution >= 0.6 is 0 Å². The number of hydrogen-bond acceptors (Lipinski definition) is 6. The molecule has 0 aliphatic heterocycles. The monoisotopic (exact) mass is 971 g/mol. The van der Waals surface area contributed by atoms with Crippen molar-refractivity contribution in [3.63, 3.8) is 0 Å². The molecule has 0 aromatic rings. The van der Waals surface area contributed by atoms with E-state index < -0.39 is 6.10 Å². The van der Waals surface area contributed by atoms with Gasteiger partial charge in [-0.2, -0.15) is 0 Å². The number of carbonyl (C=O) groups is 3. The molecule has 0 spiro atoms. The second-order valence-corrected chi connectivity index (χ2v) is 16.9. The molecule has 0 N–H and O–H groups in total. The lowest BCUT2D eigenvalue weighted by molar-refractivity contribution is -0.167. The van der Waals surface area contributed by atoms with Crippen LogP contribution in [0.25, 0.3) is 0 Å². The molecule has 6 heteroatoms. The topological polar surface area (TPSA) is 78.9 Å². The lowest BCUT2D eigenvalue weighted by atomic mass is 10.1. The second-order valence-electron chi connectivity index (χ2n) is 16.9. The van der Waals surface area contributed by atoms with Crippen LogP contribution in [0, 0.1) is 0 Å². The smallest absolute Gasteiger partial charge is 0.306 e. The van der Waals surface area contributed by atoms with E-state index >= 15 is 0 Å². The predicted octanol–water partition coefficient (Wildman–Crippen LogP) is 18.3. The van der Waals surface area contributed by atoms with Gasteiger partial charge in [0.2, 0.25) is 0 Å². The number of unbranched alkanes of at least 4 members (excludes halogenated alkanes) is 12. The maximum absolute atomic E-state index is 12.9. The highest BCUT2D eigenvalue weighted by atomic mass is 16.6. The fourth-order valence-electron chi connectivity index (χ4n) is 6.44. The SMILES string of the molecule is CC\C=C/C=C\C=C/C=C\C=C/CCCCCC(=O)OCC(COC(=O)CCCCC\C=C/C=C\C=C\C=C/C=C\C=C/C=C\CC)OC(=O)CCCCCCCC/C=C\C/C=C\C/C=C\C/C=C\CC. The van der Waals surface area contributed by atoms with Crippen molar-refractivity contribution in [3.8, 4) is 0 Å². The molecule has 0 saturated heterocycles. The van der Waals surface area contributed by atoms with Gasteiger partial charge in [-0.25, -0.2) is 0 Å². The van der Waals surface area contributed by atoms with E-state index in [-0.39, 0.29) is 50.4 Å². The summed E-state index contributed by atoms with van der Waals surface area (Å²) in [5.41, 5.74) is 0. The third kappa shape index (κ3) is 55.1. The molecule has 0 fully saturated rings. The molecule has 0 radical (unpaired) electrons. The van der Waals surface area contributed by atoms with Crippen LogP contribution in [-0.2, 0) is 28.6 Å². The molecule has 71 heavy (non-hydrogen) atoms. The molecule has 0 aliphatic rings. The predicted molar refractivity (Wildman–Crippen MR) is 306 cm³/mol. The molecule has 0 saturated carbocycles. The van der Waals surface area contributed by atoms with Gasteiger partial charge >= 0.3 is 17.9 Å². The van der Waals surface area contributed by atoms with Gasteiger partial charge in [0.15, 0.2) is 6.10 Å². The fraction of sp³-hybridized carbons (Fsp3) is 0.462. The van der Waals surface area contributed by atoms with Crippen LogP contribution in [0.2, 0.25) is 0 Å². The number of ether oxygens (including phenoxy) is 3. The third-order valence-corrected chi connectivity index (χ3v) is 10.4. The van der Waals surface area contributed by atoms with Crippen LogP contribution < -0.4 is 0 Å². The summed E-state index contributed by atoms with van der Waals surface area (Å²) >= 11 is 0. The van der Waals surface area contributed by atoms with Crippen LogP contribution in [-0.4, -0.2) is 37.2 Å². The Kier molecular flexibility index (Phi) is 52.2. The Balaban J connectivity index is 4.64. The molecule has 6 nitrogen and oxygen atoms in total. The van der Waals surface area contributed by atoms with Crippen LogP contribution in [0.1, 0.15) is 175 Å². The first-order valence-corrected chi connectivity index (χ1v) is 27.1. The molecule has 1 unspecified atom stereocenters. The number of hydrogen-bond donors (Lipinski definition) is 0. The molecule has 0 amide bonds. The van der Waals surface area contributed by atoms with Gasteiger partial charge in [0.05, 0.1) is 0 Å². The van der Waals surface area contributed by atoms with E-state index in [2.05, 4.69) is 93.7 Å². The number of rotatable bonds is 45. The maximum Gasteiger partial charge on any atom is 0.306 e. The van der Waals surface area contributed by atoms with E-state index in [4.69, 9.17) is 14.2 Å².